The SMILES string of the molecule is COCCNc1cc(N2CCN(c3ccc(F)cc3)CC2)ncn1. The molecule has 2 heterocycles. The molecule has 128 valence electrons. The van der Waals surface area contributed by atoms with Crippen molar-refractivity contribution in [3.63, 3.8) is 0 Å². The van der Waals surface area contributed by atoms with E-state index in [-0.39, 0.29) is 5.82 Å². The van der Waals surface area contributed by atoms with E-state index in [4.69, 9.17) is 4.74 Å². The van der Waals surface area contributed by atoms with E-state index < -0.39 is 0 Å². The molecular formula is C17H22FN5O. The van der Waals surface area contributed by atoms with E-state index in [2.05, 4.69) is 25.1 Å². The molecule has 0 bridgehead atoms. The molecule has 0 atom stereocenters. The average Bonchev–Trinajstić information content (AvgIpc) is 2.63. The minimum atomic E-state index is -0.202. The Morgan fingerprint density at radius 2 is 1.79 bits per heavy atom. The number of halogens is 1. The number of hydrogen-bond donors (Lipinski definition) is 1. The van der Waals surface area contributed by atoms with Crippen molar-refractivity contribution in [1.29, 1.82) is 0 Å². The molecule has 1 aromatic heterocycles. The predicted molar refractivity (Wildman–Crippen MR) is 93.2 cm³/mol. The summed E-state index contributed by atoms with van der Waals surface area (Å²) in [6.45, 7) is 4.84. The lowest BCUT2D eigenvalue weighted by Crippen LogP contribution is -2.46. The first-order valence-electron chi connectivity index (χ1n) is 8.06. The van der Waals surface area contributed by atoms with E-state index in [1.54, 1.807) is 13.4 Å². The van der Waals surface area contributed by atoms with E-state index >= 15 is 0 Å². The summed E-state index contributed by atoms with van der Waals surface area (Å²) in [5.41, 5.74) is 1.06. The van der Waals surface area contributed by atoms with Gasteiger partial charge in [0.1, 0.15) is 23.8 Å². The van der Waals surface area contributed by atoms with Gasteiger partial charge >= 0.3 is 0 Å². The predicted octanol–water partition coefficient (Wildman–Crippen LogP) is 2.00. The Hall–Kier alpha value is -2.41. The Labute approximate surface area is 141 Å². The molecule has 3 rings (SSSR count). The second-order valence-electron chi connectivity index (χ2n) is 5.63. The lowest BCUT2D eigenvalue weighted by atomic mass is 10.2. The van der Waals surface area contributed by atoms with Gasteiger partial charge in [-0.3, -0.25) is 0 Å². The second-order valence-corrected chi connectivity index (χ2v) is 5.63. The Morgan fingerprint density at radius 3 is 2.50 bits per heavy atom. The summed E-state index contributed by atoms with van der Waals surface area (Å²) < 4.78 is 18.1. The first-order valence-corrected chi connectivity index (χ1v) is 8.06. The van der Waals surface area contributed by atoms with E-state index in [0.717, 1.165) is 43.5 Å². The van der Waals surface area contributed by atoms with Crippen LogP contribution in [0, 0.1) is 5.82 Å². The zero-order valence-corrected chi connectivity index (χ0v) is 13.8. The van der Waals surface area contributed by atoms with E-state index in [9.17, 15) is 4.39 Å². The monoisotopic (exact) mass is 331 g/mol. The summed E-state index contributed by atoms with van der Waals surface area (Å²) in [5.74, 6) is 1.52. The molecule has 1 aliphatic heterocycles. The van der Waals surface area contributed by atoms with Gasteiger partial charge < -0.3 is 19.9 Å². The van der Waals surface area contributed by atoms with Crippen LogP contribution in [0.4, 0.5) is 21.7 Å². The minimum Gasteiger partial charge on any atom is -0.383 e. The van der Waals surface area contributed by atoms with Crippen LogP contribution >= 0.6 is 0 Å². The number of nitrogens with one attached hydrogen (secondary N) is 1. The maximum absolute atomic E-state index is 13.0. The van der Waals surface area contributed by atoms with Gasteiger partial charge in [-0.2, -0.15) is 0 Å². The van der Waals surface area contributed by atoms with Gasteiger partial charge in [-0.1, -0.05) is 0 Å². The van der Waals surface area contributed by atoms with Crippen LogP contribution in [0.3, 0.4) is 0 Å². The van der Waals surface area contributed by atoms with E-state index in [1.807, 2.05) is 18.2 Å². The van der Waals surface area contributed by atoms with Crippen LogP contribution in [0.15, 0.2) is 36.7 Å². The highest BCUT2D eigenvalue weighted by molar-refractivity contribution is 5.52. The molecule has 0 radical (unpaired) electrons. The van der Waals surface area contributed by atoms with Gasteiger partial charge in [0.05, 0.1) is 6.61 Å². The average molecular weight is 331 g/mol. The largest absolute Gasteiger partial charge is 0.383 e. The Bertz CT molecular complexity index is 644. The lowest BCUT2D eigenvalue weighted by Gasteiger charge is -2.36. The number of anilines is 3. The van der Waals surface area contributed by atoms with Gasteiger partial charge in [-0.15, -0.1) is 0 Å². The lowest BCUT2D eigenvalue weighted by molar-refractivity contribution is 0.210. The van der Waals surface area contributed by atoms with Crippen molar-refractivity contribution in [2.24, 2.45) is 0 Å². The summed E-state index contributed by atoms with van der Waals surface area (Å²) >= 11 is 0. The first kappa shape index (κ1) is 16.4. The third-order valence-electron chi connectivity index (χ3n) is 4.06. The fourth-order valence-corrected chi connectivity index (χ4v) is 2.74. The Kier molecular flexibility index (Phi) is 5.43. The standard InChI is InChI=1S/C17H22FN5O/c1-24-11-6-19-16-12-17(21-13-20-16)23-9-7-22(8-10-23)15-4-2-14(18)3-5-15/h2-5,12-13H,6-11H2,1H3,(H,19,20,21). The van der Waals surface area contributed by atoms with Crippen molar-refractivity contribution in [2.75, 3.05) is 61.6 Å². The van der Waals surface area contributed by atoms with Gasteiger partial charge in [-0.25, -0.2) is 14.4 Å². The van der Waals surface area contributed by atoms with Crippen LogP contribution < -0.4 is 15.1 Å². The molecule has 1 aliphatic rings. The number of aromatic nitrogens is 2. The van der Waals surface area contributed by atoms with Crippen molar-refractivity contribution in [3.05, 3.63) is 42.5 Å². The van der Waals surface area contributed by atoms with Crippen LogP contribution in [0.2, 0.25) is 0 Å². The number of methoxy groups -OCH3 is 1. The number of rotatable bonds is 6. The molecule has 1 aromatic carbocycles. The normalized spacial score (nSPS) is 14.8. The van der Waals surface area contributed by atoms with Crippen LogP contribution in [-0.4, -0.2) is 56.4 Å². The highest BCUT2D eigenvalue weighted by Gasteiger charge is 2.18. The molecule has 0 aliphatic carbocycles. The van der Waals surface area contributed by atoms with Crippen LogP contribution in [-0.2, 0) is 4.74 Å². The summed E-state index contributed by atoms with van der Waals surface area (Å²) in [7, 11) is 1.67. The molecule has 0 spiro atoms. The quantitative estimate of drug-likeness (QED) is 0.817. The molecule has 6 nitrogen and oxygen atoms in total. The fraction of sp³-hybridized carbons (Fsp3) is 0.412. The van der Waals surface area contributed by atoms with Crippen molar-refractivity contribution >= 4 is 17.3 Å². The molecule has 1 fully saturated rings. The second kappa shape index (κ2) is 7.92. The van der Waals surface area contributed by atoms with Crippen LogP contribution in [0.25, 0.3) is 0 Å². The maximum atomic E-state index is 13.0. The van der Waals surface area contributed by atoms with Crippen LogP contribution in [0.5, 0.6) is 0 Å². The number of benzene rings is 1. The van der Waals surface area contributed by atoms with Gasteiger partial charge in [-0.05, 0) is 24.3 Å². The number of piperazine rings is 1. The van der Waals surface area contributed by atoms with Crippen LogP contribution in [0.1, 0.15) is 0 Å². The number of nitrogens with zero attached hydrogens (tertiary/aromatic N) is 4. The van der Waals surface area contributed by atoms with Crippen molar-refractivity contribution < 1.29 is 9.13 Å². The number of hydrogen-bond acceptors (Lipinski definition) is 6. The van der Waals surface area contributed by atoms with Crippen molar-refractivity contribution in [3.8, 4) is 0 Å². The summed E-state index contributed by atoms with van der Waals surface area (Å²) in [6, 6.07) is 8.62. The minimum absolute atomic E-state index is 0.202. The molecule has 7 heteroatoms. The van der Waals surface area contributed by atoms with Gasteiger partial charge in [0, 0.05) is 51.6 Å². The summed E-state index contributed by atoms with van der Waals surface area (Å²) in [5, 5.41) is 3.22. The topological polar surface area (TPSA) is 53.5 Å². The molecule has 0 amide bonds. The third kappa shape index (κ3) is 4.11. The molecular weight excluding hydrogens is 309 g/mol. The Morgan fingerprint density at radius 1 is 1.08 bits per heavy atom. The first-order chi connectivity index (χ1) is 11.8. The zero-order valence-electron chi connectivity index (χ0n) is 13.8. The van der Waals surface area contributed by atoms with Gasteiger partial charge in [0.25, 0.3) is 0 Å². The van der Waals surface area contributed by atoms with Crippen molar-refractivity contribution in [2.45, 2.75) is 0 Å². The van der Waals surface area contributed by atoms with Gasteiger partial charge in [0.2, 0.25) is 0 Å². The van der Waals surface area contributed by atoms with E-state index in [0.29, 0.717) is 13.2 Å². The highest BCUT2D eigenvalue weighted by atomic mass is 19.1. The van der Waals surface area contributed by atoms with E-state index in [1.165, 1.54) is 12.1 Å². The molecule has 0 saturated carbocycles. The van der Waals surface area contributed by atoms with Crippen molar-refractivity contribution in [1.82, 2.24) is 9.97 Å². The summed E-state index contributed by atoms with van der Waals surface area (Å²) in [4.78, 5) is 13.1. The highest BCUT2D eigenvalue weighted by Crippen LogP contribution is 2.20. The fourth-order valence-electron chi connectivity index (χ4n) is 2.74. The molecule has 1 saturated heterocycles. The molecule has 1 N–H and O–H groups in total. The maximum Gasteiger partial charge on any atom is 0.134 e. The molecule has 24 heavy (non-hydrogen) atoms. The summed E-state index contributed by atoms with van der Waals surface area (Å²) in [6.07, 6.45) is 1.58. The van der Waals surface area contributed by atoms with Gasteiger partial charge in [0.15, 0.2) is 0 Å². The smallest absolute Gasteiger partial charge is 0.134 e. The Balaban J connectivity index is 1.58. The molecule has 2 aromatic rings. The number of ether oxygens (including phenoxy) is 1. The molecule has 0 unspecified atom stereocenters. The zero-order chi connectivity index (χ0) is 16.8. The third-order valence-corrected chi connectivity index (χ3v) is 4.06.